The van der Waals surface area contributed by atoms with E-state index in [0.717, 1.165) is 33.6 Å². The van der Waals surface area contributed by atoms with E-state index in [4.69, 9.17) is 11.6 Å². The Morgan fingerprint density at radius 1 is 1.17 bits per heavy atom. The first-order valence-corrected chi connectivity index (χ1v) is 8.76. The van der Waals surface area contributed by atoms with Crippen LogP contribution in [0.15, 0.2) is 48.5 Å². The molecule has 3 aromatic rings. The van der Waals surface area contributed by atoms with E-state index >= 15 is 0 Å². The van der Waals surface area contributed by atoms with E-state index in [1.165, 1.54) is 0 Å². The molecule has 3 nitrogen and oxygen atoms in total. The summed E-state index contributed by atoms with van der Waals surface area (Å²) in [7, 11) is 0. The van der Waals surface area contributed by atoms with Crippen molar-refractivity contribution >= 4 is 39.1 Å². The van der Waals surface area contributed by atoms with Gasteiger partial charge in [0.25, 0.3) is 0 Å². The number of fused-ring (bicyclic) bond motifs is 1. The van der Waals surface area contributed by atoms with Crippen molar-refractivity contribution in [2.75, 3.05) is 0 Å². The smallest absolute Gasteiger partial charge is 0.231 e. The van der Waals surface area contributed by atoms with Gasteiger partial charge in [-0.1, -0.05) is 35.9 Å². The SMILES string of the molecule is O=C(NCc1nc2ccccc2s1)C1(c2ccc(Cl)cc2)CC1. The molecular formula is C18H15ClN2OS. The van der Waals surface area contributed by atoms with Crippen molar-refractivity contribution in [3.05, 3.63) is 64.1 Å². The molecule has 0 saturated heterocycles. The van der Waals surface area contributed by atoms with Crippen LogP contribution in [0.2, 0.25) is 5.02 Å². The molecule has 0 unspecified atom stereocenters. The number of nitrogens with zero attached hydrogens (tertiary/aromatic N) is 1. The molecule has 1 heterocycles. The molecule has 23 heavy (non-hydrogen) atoms. The molecule has 1 saturated carbocycles. The highest BCUT2D eigenvalue weighted by atomic mass is 35.5. The van der Waals surface area contributed by atoms with Gasteiger partial charge in [0.2, 0.25) is 5.91 Å². The number of carbonyl (C=O) groups is 1. The first-order valence-electron chi connectivity index (χ1n) is 7.56. The highest BCUT2D eigenvalue weighted by molar-refractivity contribution is 7.18. The fourth-order valence-corrected chi connectivity index (χ4v) is 3.89. The predicted octanol–water partition coefficient (Wildman–Crippen LogP) is 4.30. The minimum atomic E-state index is -0.374. The summed E-state index contributed by atoms with van der Waals surface area (Å²) in [6.07, 6.45) is 1.78. The maximum absolute atomic E-state index is 12.6. The maximum atomic E-state index is 12.6. The lowest BCUT2D eigenvalue weighted by atomic mass is 9.95. The van der Waals surface area contributed by atoms with Gasteiger partial charge in [-0.3, -0.25) is 4.79 Å². The summed E-state index contributed by atoms with van der Waals surface area (Å²) < 4.78 is 1.15. The fourth-order valence-electron chi connectivity index (χ4n) is 2.86. The molecule has 4 rings (SSSR count). The van der Waals surface area contributed by atoms with E-state index < -0.39 is 0 Å². The lowest BCUT2D eigenvalue weighted by Gasteiger charge is -2.15. The van der Waals surface area contributed by atoms with Crippen LogP contribution >= 0.6 is 22.9 Å². The molecule has 0 radical (unpaired) electrons. The largest absolute Gasteiger partial charge is 0.349 e. The Bertz CT molecular complexity index is 835. The van der Waals surface area contributed by atoms with Crippen molar-refractivity contribution in [2.45, 2.75) is 24.8 Å². The first-order chi connectivity index (χ1) is 11.2. The first kappa shape index (κ1) is 14.7. The van der Waals surface area contributed by atoms with Crippen LogP contribution in [0, 0.1) is 0 Å². The monoisotopic (exact) mass is 342 g/mol. The van der Waals surface area contributed by atoms with Gasteiger partial charge in [0.1, 0.15) is 5.01 Å². The second kappa shape index (κ2) is 5.62. The molecule has 1 aliphatic rings. The lowest BCUT2D eigenvalue weighted by Crippen LogP contribution is -2.34. The molecule has 0 atom stereocenters. The van der Waals surface area contributed by atoms with Crippen LogP contribution in [0.1, 0.15) is 23.4 Å². The van der Waals surface area contributed by atoms with Crippen molar-refractivity contribution in [1.29, 1.82) is 0 Å². The molecule has 5 heteroatoms. The van der Waals surface area contributed by atoms with Crippen LogP contribution in [0.25, 0.3) is 10.2 Å². The van der Waals surface area contributed by atoms with Crippen LogP contribution in [0.4, 0.5) is 0 Å². The summed E-state index contributed by atoms with van der Waals surface area (Å²) in [5, 5.41) is 4.68. The van der Waals surface area contributed by atoms with E-state index in [-0.39, 0.29) is 11.3 Å². The number of amides is 1. The average molecular weight is 343 g/mol. The summed E-state index contributed by atoms with van der Waals surface area (Å²) >= 11 is 7.56. The molecule has 2 aromatic carbocycles. The van der Waals surface area contributed by atoms with Crippen LogP contribution < -0.4 is 5.32 Å². The number of rotatable bonds is 4. The van der Waals surface area contributed by atoms with Crippen molar-refractivity contribution in [3.8, 4) is 0 Å². The second-order valence-corrected chi connectivity index (χ2v) is 7.40. The number of halogens is 1. The number of benzene rings is 2. The van der Waals surface area contributed by atoms with Gasteiger partial charge in [-0.15, -0.1) is 11.3 Å². The summed E-state index contributed by atoms with van der Waals surface area (Å²) in [5.41, 5.74) is 1.66. The Kier molecular flexibility index (Phi) is 3.58. The van der Waals surface area contributed by atoms with Gasteiger partial charge in [0.05, 0.1) is 22.2 Å². The number of hydrogen-bond acceptors (Lipinski definition) is 3. The Labute approximate surface area is 143 Å². The van der Waals surface area contributed by atoms with Gasteiger partial charge >= 0.3 is 0 Å². The second-order valence-electron chi connectivity index (χ2n) is 5.85. The number of nitrogens with one attached hydrogen (secondary N) is 1. The number of aromatic nitrogens is 1. The standard InChI is InChI=1S/C18H15ClN2OS/c19-13-7-5-12(6-8-13)18(9-10-18)17(22)20-11-16-21-14-3-1-2-4-15(14)23-16/h1-8H,9-11H2,(H,20,22). The van der Waals surface area contributed by atoms with E-state index in [1.807, 2.05) is 42.5 Å². The summed E-state index contributed by atoms with van der Waals surface area (Å²) in [6.45, 7) is 0.480. The third-order valence-corrected chi connectivity index (χ3v) is 5.61. The quantitative estimate of drug-likeness (QED) is 0.768. The number of para-hydroxylation sites is 1. The summed E-state index contributed by atoms with van der Waals surface area (Å²) in [5.74, 6) is 0.0825. The van der Waals surface area contributed by atoms with Crippen LogP contribution in [-0.2, 0) is 16.8 Å². The van der Waals surface area contributed by atoms with Gasteiger partial charge in [0, 0.05) is 5.02 Å². The third-order valence-electron chi connectivity index (χ3n) is 4.32. The van der Waals surface area contributed by atoms with Gasteiger partial charge in [-0.05, 0) is 42.7 Å². The predicted molar refractivity (Wildman–Crippen MR) is 93.8 cm³/mol. The Hall–Kier alpha value is -1.91. The van der Waals surface area contributed by atoms with E-state index in [1.54, 1.807) is 11.3 Å². The molecule has 1 aliphatic carbocycles. The van der Waals surface area contributed by atoms with Gasteiger partial charge < -0.3 is 5.32 Å². The fraction of sp³-hybridized carbons (Fsp3) is 0.222. The topological polar surface area (TPSA) is 42.0 Å². The van der Waals surface area contributed by atoms with Crippen LogP contribution in [0.5, 0.6) is 0 Å². The minimum Gasteiger partial charge on any atom is -0.349 e. The molecule has 116 valence electrons. The molecule has 0 bridgehead atoms. The Balaban J connectivity index is 1.48. The van der Waals surface area contributed by atoms with E-state index in [0.29, 0.717) is 11.6 Å². The molecule has 0 aliphatic heterocycles. The van der Waals surface area contributed by atoms with Crippen LogP contribution in [-0.4, -0.2) is 10.9 Å². The van der Waals surface area contributed by atoms with Gasteiger partial charge in [-0.25, -0.2) is 4.98 Å². The van der Waals surface area contributed by atoms with Crippen molar-refractivity contribution < 1.29 is 4.79 Å². The maximum Gasteiger partial charge on any atom is 0.231 e. The summed E-state index contributed by atoms with van der Waals surface area (Å²) in [6, 6.07) is 15.6. The number of carbonyl (C=O) groups excluding carboxylic acids is 1. The number of thiazole rings is 1. The van der Waals surface area contributed by atoms with Crippen molar-refractivity contribution in [2.24, 2.45) is 0 Å². The molecule has 1 aromatic heterocycles. The third kappa shape index (κ3) is 2.73. The average Bonchev–Trinajstić information content (AvgIpc) is 3.27. The lowest BCUT2D eigenvalue weighted by molar-refractivity contribution is -0.123. The Morgan fingerprint density at radius 2 is 1.91 bits per heavy atom. The molecule has 1 N–H and O–H groups in total. The minimum absolute atomic E-state index is 0.0825. The highest BCUT2D eigenvalue weighted by Gasteiger charge is 2.51. The zero-order valence-corrected chi connectivity index (χ0v) is 14.0. The van der Waals surface area contributed by atoms with Gasteiger partial charge in [-0.2, -0.15) is 0 Å². The van der Waals surface area contributed by atoms with Gasteiger partial charge in [0.15, 0.2) is 0 Å². The zero-order valence-electron chi connectivity index (χ0n) is 12.4. The Morgan fingerprint density at radius 3 is 2.61 bits per heavy atom. The van der Waals surface area contributed by atoms with E-state index in [2.05, 4.69) is 16.4 Å². The molecule has 1 fully saturated rings. The van der Waals surface area contributed by atoms with E-state index in [9.17, 15) is 4.79 Å². The van der Waals surface area contributed by atoms with Crippen molar-refractivity contribution in [3.63, 3.8) is 0 Å². The zero-order chi connectivity index (χ0) is 15.9. The number of hydrogen-bond donors (Lipinski definition) is 1. The normalized spacial score (nSPS) is 15.5. The summed E-state index contributed by atoms with van der Waals surface area (Å²) in [4.78, 5) is 17.2. The van der Waals surface area contributed by atoms with Crippen LogP contribution in [0.3, 0.4) is 0 Å². The highest BCUT2D eigenvalue weighted by Crippen LogP contribution is 2.48. The van der Waals surface area contributed by atoms with Crippen molar-refractivity contribution in [1.82, 2.24) is 10.3 Å². The molecular weight excluding hydrogens is 328 g/mol. The molecule has 0 spiro atoms. The molecule has 1 amide bonds.